The van der Waals surface area contributed by atoms with Gasteiger partial charge < -0.3 is 10.6 Å². The normalized spacial score (nSPS) is 29.7. The number of rotatable bonds is 5. The van der Waals surface area contributed by atoms with Gasteiger partial charge in [-0.1, -0.05) is 13.8 Å². The fraction of sp³-hybridized carbons (Fsp3) is 1.00. The standard InChI is InChI=1S/C16H34N4/c1-4-8-18-9-6-16(14-17,7-10-18)20-12-11-19(5-2)15(3)13-20/h15H,4-14,17H2,1-3H3. The van der Waals surface area contributed by atoms with Crippen molar-refractivity contribution in [1.29, 1.82) is 0 Å². The molecule has 4 heteroatoms. The van der Waals surface area contributed by atoms with Crippen LogP contribution in [0, 0.1) is 0 Å². The van der Waals surface area contributed by atoms with Gasteiger partial charge in [0.1, 0.15) is 0 Å². The molecule has 1 atom stereocenters. The number of likely N-dealkylation sites (N-methyl/N-ethyl adjacent to an activating group) is 1. The van der Waals surface area contributed by atoms with Gasteiger partial charge in [0.25, 0.3) is 0 Å². The number of hydrogen-bond acceptors (Lipinski definition) is 4. The van der Waals surface area contributed by atoms with Crippen molar-refractivity contribution in [2.24, 2.45) is 5.73 Å². The second-order valence-corrected chi connectivity index (χ2v) is 6.69. The monoisotopic (exact) mass is 282 g/mol. The van der Waals surface area contributed by atoms with Crippen LogP contribution in [0.25, 0.3) is 0 Å². The molecule has 0 spiro atoms. The van der Waals surface area contributed by atoms with E-state index in [2.05, 4.69) is 35.5 Å². The van der Waals surface area contributed by atoms with Crippen LogP contribution in [-0.2, 0) is 0 Å². The van der Waals surface area contributed by atoms with Gasteiger partial charge in [0.15, 0.2) is 0 Å². The van der Waals surface area contributed by atoms with Crippen LogP contribution in [0.2, 0.25) is 0 Å². The first-order valence-electron chi connectivity index (χ1n) is 8.56. The molecule has 0 aromatic carbocycles. The summed E-state index contributed by atoms with van der Waals surface area (Å²) in [5, 5.41) is 0. The number of piperazine rings is 1. The van der Waals surface area contributed by atoms with Crippen LogP contribution in [0.5, 0.6) is 0 Å². The van der Waals surface area contributed by atoms with Crippen molar-refractivity contribution in [2.75, 3.05) is 52.4 Å². The summed E-state index contributed by atoms with van der Waals surface area (Å²) in [7, 11) is 0. The molecule has 0 aromatic heterocycles. The molecule has 2 heterocycles. The lowest BCUT2D eigenvalue weighted by atomic mass is 9.84. The zero-order valence-electron chi connectivity index (χ0n) is 13.8. The van der Waals surface area contributed by atoms with Crippen molar-refractivity contribution < 1.29 is 0 Å². The minimum absolute atomic E-state index is 0.276. The second-order valence-electron chi connectivity index (χ2n) is 6.69. The molecule has 2 N–H and O–H groups in total. The summed E-state index contributed by atoms with van der Waals surface area (Å²) in [6.07, 6.45) is 3.77. The molecule has 0 radical (unpaired) electrons. The largest absolute Gasteiger partial charge is 0.329 e. The number of nitrogens with zero attached hydrogens (tertiary/aromatic N) is 3. The van der Waals surface area contributed by atoms with Crippen molar-refractivity contribution in [2.45, 2.75) is 51.6 Å². The van der Waals surface area contributed by atoms with Crippen LogP contribution in [0.3, 0.4) is 0 Å². The van der Waals surface area contributed by atoms with Crippen LogP contribution >= 0.6 is 0 Å². The van der Waals surface area contributed by atoms with E-state index < -0.39 is 0 Å². The number of likely N-dealkylation sites (tertiary alicyclic amines) is 1. The summed E-state index contributed by atoms with van der Waals surface area (Å²) in [6.45, 7) is 16.2. The van der Waals surface area contributed by atoms with Gasteiger partial charge in [0, 0.05) is 37.8 Å². The van der Waals surface area contributed by atoms with E-state index in [1.165, 1.54) is 65.1 Å². The van der Waals surface area contributed by atoms with Gasteiger partial charge in [-0.3, -0.25) is 9.80 Å². The first kappa shape index (κ1) is 16.2. The Morgan fingerprint density at radius 1 is 1.10 bits per heavy atom. The molecule has 0 aliphatic carbocycles. The summed E-state index contributed by atoms with van der Waals surface area (Å²) < 4.78 is 0. The maximum atomic E-state index is 6.23. The molecule has 2 rings (SSSR count). The van der Waals surface area contributed by atoms with Crippen LogP contribution in [0.4, 0.5) is 0 Å². The van der Waals surface area contributed by atoms with E-state index in [0.717, 1.165) is 6.54 Å². The lowest BCUT2D eigenvalue weighted by Crippen LogP contribution is -2.65. The summed E-state index contributed by atoms with van der Waals surface area (Å²) in [5.41, 5.74) is 6.50. The van der Waals surface area contributed by atoms with Crippen molar-refractivity contribution in [3.05, 3.63) is 0 Å². The van der Waals surface area contributed by atoms with E-state index >= 15 is 0 Å². The Morgan fingerprint density at radius 2 is 1.80 bits per heavy atom. The number of nitrogens with two attached hydrogens (primary N) is 1. The quantitative estimate of drug-likeness (QED) is 0.822. The average molecular weight is 282 g/mol. The van der Waals surface area contributed by atoms with E-state index in [4.69, 9.17) is 5.73 Å². The fourth-order valence-corrected chi connectivity index (χ4v) is 4.05. The van der Waals surface area contributed by atoms with E-state index in [1.807, 2.05) is 0 Å². The van der Waals surface area contributed by atoms with Gasteiger partial charge in [0.05, 0.1) is 0 Å². The zero-order chi connectivity index (χ0) is 14.6. The first-order valence-corrected chi connectivity index (χ1v) is 8.56. The molecule has 0 amide bonds. The van der Waals surface area contributed by atoms with E-state index in [0.29, 0.717) is 6.04 Å². The number of hydrogen-bond donors (Lipinski definition) is 1. The lowest BCUT2D eigenvalue weighted by molar-refractivity contribution is -0.0231. The first-order chi connectivity index (χ1) is 9.65. The molecule has 2 saturated heterocycles. The Balaban J connectivity index is 1.95. The predicted molar refractivity (Wildman–Crippen MR) is 86.0 cm³/mol. The Hall–Kier alpha value is -0.160. The van der Waals surface area contributed by atoms with Crippen molar-refractivity contribution in [3.8, 4) is 0 Å². The molecule has 2 fully saturated rings. The highest BCUT2D eigenvalue weighted by Gasteiger charge is 2.40. The number of piperidine rings is 1. The van der Waals surface area contributed by atoms with Gasteiger partial charge in [-0.15, -0.1) is 0 Å². The summed E-state index contributed by atoms with van der Waals surface area (Å²) >= 11 is 0. The van der Waals surface area contributed by atoms with Gasteiger partial charge in [-0.25, -0.2) is 0 Å². The minimum atomic E-state index is 0.276. The Bertz CT molecular complexity index is 286. The molecule has 0 aromatic rings. The SMILES string of the molecule is CCCN1CCC(CN)(N2CCN(CC)C(C)C2)CC1. The lowest BCUT2D eigenvalue weighted by Gasteiger charge is -2.52. The smallest absolute Gasteiger partial charge is 0.0357 e. The highest BCUT2D eigenvalue weighted by Crippen LogP contribution is 2.30. The molecule has 2 aliphatic heterocycles. The summed E-state index contributed by atoms with van der Waals surface area (Å²) in [5.74, 6) is 0. The highest BCUT2D eigenvalue weighted by molar-refractivity contribution is 4.99. The molecule has 118 valence electrons. The van der Waals surface area contributed by atoms with Crippen LogP contribution in [-0.4, -0.2) is 78.6 Å². The van der Waals surface area contributed by atoms with Gasteiger partial charge in [0.2, 0.25) is 0 Å². The van der Waals surface area contributed by atoms with Crippen molar-refractivity contribution in [1.82, 2.24) is 14.7 Å². The third kappa shape index (κ3) is 3.35. The second kappa shape index (κ2) is 7.21. The third-order valence-corrected chi connectivity index (χ3v) is 5.55. The summed E-state index contributed by atoms with van der Waals surface area (Å²) in [4.78, 5) is 7.92. The topological polar surface area (TPSA) is 35.7 Å². The zero-order valence-corrected chi connectivity index (χ0v) is 13.8. The molecule has 2 aliphatic rings. The molecular formula is C16H34N4. The van der Waals surface area contributed by atoms with Gasteiger partial charge in [-0.2, -0.15) is 0 Å². The Kier molecular flexibility index (Phi) is 5.84. The van der Waals surface area contributed by atoms with E-state index in [-0.39, 0.29) is 5.54 Å². The molecular weight excluding hydrogens is 248 g/mol. The Labute approximate surface area is 125 Å². The van der Waals surface area contributed by atoms with Crippen LogP contribution < -0.4 is 5.73 Å². The summed E-state index contributed by atoms with van der Waals surface area (Å²) in [6, 6.07) is 0.672. The van der Waals surface area contributed by atoms with Crippen LogP contribution in [0.15, 0.2) is 0 Å². The average Bonchev–Trinajstić information content (AvgIpc) is 2.48. The molecule has 1 unspecified atom stereocenters. The van der Waals surface area contributed by atoms with E-state index in [9.17, 15) is 0 Å². The van der Waals surface area contributed by atoms with Gasteiger partial charge >= 0.3 is 0 Å². The predicted octanol–water partition coefficient (Wildman–Crippen LogP) is 1.22. The van der Waals surface area contributed by atoms with Crippen LogP contribution in [0.1, 0.15) is 40.0 Å². The maximum Gasteiger partial charge on any atom is 0.0357 e. The highest BCUT2D eigenvalue weighted by atomic mass is 15.3. The molecule has 20 heavy (non-hydrogen) atoms. The van der Waals surface area contributed by atoms with Crippen molar-refractivity contribution in [3.63, 3.8) is 0 Å². The van der Waals surface area contributed by atoms with Crippen molar-refractivity contribution >= 4 is 0 Å². The molecule has 0 saturated carbocycles. The third-order valence-electron chi connectivity index (χ3n) is 5.55. The fourth-order valence-electron chi connectivity index (χ4n) is 4.05. The molecule has 4 nitrogen and oxygen atoms in total. The Morgan fingerprint density at radius 3 is 2.30 bits per heavy atom. The molecule has 0 bridgehead atoms. The van der Waals surface area contributed by atoms with Gasteiger partial charge in [-0.05, 0) is 52.4 Å². The minimum Gasteiger partial charge on any atom is -0.329 e. The maximum absolute atomic E-state index is 6.23. The van der Waals surface area contributed by atoms with E-state index in [1.54, 1.807) is 0 Å².